The van der Waals surface area contributed by atoms with Crippen molar-refractivity contribution in [2.75, 3.05) is 25.6 Å². The largest absolute Gasteiger partial charge is 0.399 e. The molecule has 0 atom stereocenters. The standard InChI is InChI=1S/C14H21NO2/c15-13-5-1-3-12(11-13)4-2-8-17-14-6-9-16-10-7-14/h1,3,5,11,14H,2,4,6-10,15H2. The van der Waals surface area contributed by atoms with Crippen LogP contribution in [0.5, 0.6) is 0 Å². The lowest BCUT2D eigenvalue weighted by Crippen LogP contribution is -2.23. The molecule has 17 heavy (non-hydrogen) atoms. The number of hydrogen-bond donors (Lipinski definition) is 1. The average molecular weight is 235 g/mol. The number of anilines is 1. The quantitative estimate of drug-likeness (QED) is 0.629. The average Bonchev–Trinajstić information content (AvgIpc) is 2.36. The van der Waals surface area contributed by atoms with Gasteiger partial charge in [0.1, 0.15) is 0 Å². The number of benzene rings is 1. The van der Waals surface area contributed by atoms with E-state index in [4.69, 9.17) is 15.2 Å². The molecule has 0 amide bonds. The van der Waals surface area contributed by atoms with Crippen LogP contribution in [0, 0.1) is 0 Å². The first-order valence-electron chi connectivity index (χ1n) is 6.38. The van der Waals surface area contributed by atoms with Gasteiger partial charge in [0.2, 0.25) is 0 Å². The van der Waals surface area contributed by atoms with E-state index >= 15 is 0 Å². The highest BCUT2D eigenvalue weighted by Gasteiger charge is 2.13. The normalized spacial score (nSPS) is 17.2. The van der Waals surface area contributed by atoms with Crippen molar-refractivity contribution in [2.24, 2.45) is 0 Å². The molecule has 1 saturated heterocycles. The van der Waals surface area contributed by atoms with Crippen LogP contribution in [-0.4, -0.2) is 25.9 Å². The third-order valence-corrected chi connectivity index (χ3v) is 3.08. The lowest BCUT2D eigenvalue weighted by molar-refractivity contribution is -0.0322. The number of ether oxygens (including phenoxy) is 2. The van der Waals surface area contributed by atoms with E-state index in [0.29, 0.717) is 6.10 Å². The molecule has 1 aromatic carbocycles. The summed E-state index contributed by atoms with van der Waals surface area (Å²) in [4.78, 5) is 0. The molecular formula is C14H21NO2. The van der Waals surface area contributed by atoms with Gasteiger partial charge in [-0.15, -0.1) is 0 Å². The zero-order valence-electron chi connectivity index (χ0n) is 10.2. The molecule has 2 rings (SSSR count). The molecule has 1 aliphatic rings. The number of rotatable bonds is 5. The molecule has 2 N–H and O–H groups in total. The molecule has 0 spiro atoms. The van der Waals surface area contributed by atoms with Crippen molar-refractivity contribution in [1.29, 1.82) is 0 Å². The minimum Gasteiger partial charge on any atom is -0.399 e. The summed E-state index contributed by atoms with van der Waals surface area (Å²) in [7, 11) is 0. The van der Waals surface area contributed by atoms with Crippen molar-refractivity contribution in [2.45, 2.75) is 31.8 Å². The minimum atomic E-state index is 0.407. The maximum atomic E-state index is 5.82. The van der Waals surface area contributed by atoms with E-state index in [9.17, 15) is 0 Å². The van der Waals surface area contributed by atoms with Crippen LogP contribution in [0.2, 0.25) is 0 Å². The first-order chi connectivity index (χ1) is 8.34. The third-order valence-electron chi connectivity index (χ3n) is 3.08. The van der Waals surface area contributed by atoms with Crippen LogP contribution in [-0.2, 0) is 15.9 Å². The highest BCUT2D eigenvalue weighted by molar-refractivity contribution is 5.40. The van der Waals surface area contributed by atoms with Crippen molar-refractivity contribution in [3.63, 3.8) is 0 Å². The molecule has 94 valence electrons. The fourth-order valence-corrected chi connectivity index (χ4v) is 2.12. The van der Waals surface area contributed by atoms with Gasteiger partial charge in [-0.05, 0) is 43.4 Å². The maximum Gasteiger partial charge on any atom is 0.0619 e. The van der Waals surface area contributed by atoms with Crippen LogP contribution in [0.15, 0.2) is 24.3 Å². The maximum absolute atomic E-state index is 5.82. The first kappa shape index (κ1) is 12.4. The van der Waals surface area contributed by atoms with Gasteiger partial charge in [-0.1, -0.05) is 12.1 Å². The topological polar surface area (TPSA) is 44.5 Å². The summed E-state index contributed by atoms with van der Waals surface area (Å²) in [5.74, 6) is 0. The van der Waals surface area contributed by atoms with Gasteiger partial charge >= 0.3 is 0 Å². The summed E-state index contributed by atoms with van der Waals surface area (Å²) < 4.78 is 11.1. The van der Waals surface area contributed by atoms with E-state index in [-0.39, 0.29) is 0 Å². The van der Waals surface area contributed by atoms with Crippen LogP contribution in [0.3, 0.4) is 0 Å². The van der Waals surface area contributed by atoms with Crippen LogP contribution < -0.4 is 5.73 Å². The highest BCUT2D eigenvalue weighted by Crippen LogP contribution is 2.12. The molecule has 1 aliphatic heterocycles. The van der Waals surface area contributed by atoms with E-state index < -0.39 is 0 Å². The fraction of sp³-hybridized carbons (Fsp3) is 0.571. The van der Waals surface area contributed by atoms with Gasteiger partial charge in [0.15, 0.2) is 0 Å². The van der Waals surface area contributed by atoms with Gasteiger partial charge in [-0.25, -0.2) is 0 Å². The summed E-state index contributed by atoms with van der Waals surface area (Å²) in [5, 5.41) is 0. The molecule has 1 fully saturated rings. The Balaban J connectivity index is 1.62. The molecular weight excluding hydrogens is 214 g/mol. The lowest BCUT2D eigenvalue weighted by Gasteiger charge is -2.22. The van der Waals surface area contributed by atoms with Crippen LogP contribution in [0.1, 0.15) is 24.8 Å². The van der Waals surface area contributed by atoms with Gasteiger partial charge in [-0.3, -0.25) is 0 Å². The van der Waals surface area contributed by atoms with Crippen molar-refractivity contribution >= 4 is 5.69 Å². The predicted octanol–water partition coefficient (Wildman–Crippen LogP) is 2.40. The minimum absolute atomic E-state index is 0.407. The number of nitrogens with two attached hydrogens (primary N) is 1. The zero-order valence-corrected chi connectivity index (χ0v) is 10.2. The second kappa shape index (κ2) is 6.62. The van der Waals surface area contributed by atoms with Gasteiger partial charge in [0, 0.05) is 25.5 Å². The smallest absolute Gasteiger partial charge is 0.0619 e. The van der Waals surface area contributed by atoms with Crippen molar-refractivity contribution in [3.8, 4) is 0 Å². The van der Waals surface area contributed by atoms with Crippen molar-refractivity contribution in [1.82, 2.24) is 0 Å². The van der Waals surface area contributed by atoms with Gasteiger partial charge in [0.25, 0.3) is 0 Å². The van der Waals surface area contributed by atoms with E-state index in [1.807, 2.05) is 18.2 Å². The van der Waals surface area contributed by atoms with Crippen molar-refractivity contribution < 1.29 is 9.47 Å². The van der Waals surface area contributed by atoms with Crippen LogP contribution in [0.4, 0.5) is 5.69 Å². The molecule has 0 bridgehead atoms. The Morgan fingerprint density at radius 3 is 2.88 bits per heavy atom. The monoisotopic (exact) mass is 235 g/mol. The Hall–Kier alpha value is -1.06. The third kappa shape index (κ3) is 4.36. The van der Waals surface area contributed by atoms with Crippen LogP contribution >= 0.6 is 0 Å². The van der Waals surface area contributed by atoms with E-state index in [0.717, 1.165) is 51.2 Å². The second-order valence-corrected chi connectivity index (χ2v) is 4.53. The summed E-state index contributed by atoms with van der Waals surface area (Å²) in [6, 6.07) is 8.07. The summed E-state index contributed by atoms with van der Waals surface area (Å²) in [6.07, 6.45) is 4.58. The number of hydrogen-bond acceptors (Lipinski definition) is 3. The number of aryl methyl sites for hydroxylation is 1. The van der Waals surface area contributed by atoms with Gasteiger partial charge < -0.3 is 15.2 Å². The van der Waals surface area contributed by atoms with Gasteiger partial charge in [-0.2, -0.15) is 0 Å². The van der Waals surface area contributed by atoms with Gasteiger partial charge in [0.05, 0.1) is 6.10 Å². The van der Waals surface area contributed by atoms with E-state index in [2.05, 4.69) is 6.07 Å². The summed E-state index contributed by atoms with van der Waals surface area (Å²) in [6.45, 7) is 2.53. The molecule has 0 aliphatic carbocycles. The summed E-state index contributed by atoms with van der Waals surface area (Å²) in [5.41, 5.74) is 7.87. The SMILES string of the molecule is Nc1cccc(CCCOC2CCOCC2)c1. The fourth-order valence-electron chi connectivity index (χ4n) is 2.12. The van der Waals surface area contributed by atoms with E-state index in [1.54, 1.807) is 0 Å². The van der Waals surface area contributed by atoms with Crippen LogP contribution in [0.25, 0.3) is 0 Å². The first-order valence-corrected chi connectivity index (χ1v) is 6.38. The zero-order chi connectivity index (χ0) is 11.9. The molecule has 1 heterocycles. The molecule has 3 nitrogen and oxygen atoms in total. The van der Waals surface area contributed by atoms with E-state index in [1.165, 1.54) is 5.56 Å². The molecule has 0 aromatic heterocycles. The Bertz CT molecular complexity index is 335. The lowest BCUT2D eigenvalue weighted by atomic mass is 10.1. The molecule has 3 heteroatoms. The molecule has 0 saturated carbocycles. The second-order valence-electron chi connectivity index (χ2n) is 4.53. The Morgan fingerprint density at radius 1 is 1.29 bits per heavy atom. The summed E-state index contributed by atoms with van der Waals surface area (Å²) >= 11 is 0. The Morgan fingerprint density at radius 2 is 2.12 bits per heavy atom. The highest BCUT2D eigenvalue weighted by atomic mass is 16.5. The predicted molar refractivity (Wildman–Crippen MR) is 69.0 cm³/mol. The molecule has 1 aromatic rings. The Labute approximate surface area is 103 Å². The molecule has 0 radical (unpaired) electrons. The number of nitrogen functional groups attached to an aromatic ring is 1. The van der Waals surface area contributed by atoms with Crippen molar-refractivity contribution in [3.05, 3.63) is 29.8 Å². The Kier molecular flexibility index (Phi) is 4.83. The molecule has 0 unspecified atom stereocenters.